The Kier molecular flexibility index (Phi) is 7.55. The lowest BCUT2D eigenvalue weighted by Gasteiger charge is -2.15. The van der Waals surface area contributed by atoms with E-state index in [0.717, 1.165) is 31.2 Å². The van der Waals surface area contributed by atoms with Crippen LogP contribution in [0.15, 0.2) is 29.2 Å². The molecule has 0 spiro atoms. The number of sulfonamides is 1. The number of carboxylic acid groups (broad SMARTS) is 1. The van der Waals surface area contributed by atoms with E-state index in [9.17, 15) is 13.2 Å². The molecule has 0 heterocycles. The zero-order chi connectivity index (χ0) is 16.6. The lowest BCUT2D eigenvalue weighted by atomic mass is 10.1. The summed E-state index contributed by atoms with van der Waals surface area (Å²) in [7, 11) is -3.67. The van der Waals surface area contributed by atoms with Gasteiger partial charge in [0.1, 0.15) is 0 Å². The van der Waals surface area contributed by atoms with Crippen LogP contribution in [0.2, 0.25) is 0 Å². The van der Waals surface area contributed by atoms with Crippen molar-refractivity contribution in [2.24, 2.45) is 0 Å². The standard InChI is InChI=1S/C16H25NO4S/c1-3-5-6-7-13-8-10-15(11-9-13)22(20,21)17-14(4-2)12-16(18)19/h8-11,14,17H,3-7,12H2,1-2H3,(H,18,19)/t14-/m0/s1. The minimum absolute atomic E-state index is 0.176. The number of nitrogens with one attached hydrogen (secondary N) is 1. The third-order valence-corrected chi connectivity index (χ3v) is 5.07. The van der Waals surface area contributed by atoms with Crippen molar-refractivity contribution in [1.82, 2.24) is 4.72 Å². The first kappa shape index (κ1) is 18.6. The van der Waals surface area contributed by atoms with Crippen LogP contribution in [0.25, 0.3) is 0 Å². The Balaban J connectivity index is 2.74. The van der Waals surface area contributed by atoms with Crippen molar-refractivity contribution in [3.8, 4) is 0 Å². The molecule has 0 radical (unpaired) electrons. The highest BCUT2D eigenvalue weighted by molar-refractivity contribution is 7.89. The maximum absolute atomic E-state index is 12.3. The van der Waals surface area contributed by atoms with Gasteiger partial charge in [-0.1, -0.05) is 38.8 Å². The highest BCUT2D eigenvalue weighted by Gasteiger charge is 2.20. The van der Waals surface area contributed by atoms with Crippen LogP contribution in [0.3, 0.4) is 0 Å². The summed E-state index contributed by atoms with van der Waals surface area (Å²) in [6.45, 7) is 3.90. The van der Waals surface area contributed by atoms with E-state index in [0.29, 0.717) is 6.42 Å². The fourth-order valence-corrected chi connectivity index (χ4v) is 3.50. The highest BCUT2D eigenvalue weighted by atomic mass is 32.2. The predicted octanol–water partition coefficient (Wildman–Crippen LogP) is 2.95. The number of aliphatic carboxylic acids is 1. The fourth-order valence-electron chi connectivity index (χ4n) is 2.18. The number of rotatable bonds is 10. The molecule has 0 fully saturated rings. The summed E-state index contributed by atoms with van der Waals surface area (Å²) in [5.41, 5.74) is 1.12. The topological polar surface area (TPSA) is 83.5 Å². The average Bonchev–Trinajstić information content (AvgIpc) is 2.46. The Morgan fingerprint density at radius 1 is 1.18 bits per heavy atom. The van der Waals surface area contributed by atoms with Gasteiger partial charge in [0.25, 0.3) is 0 Å². The SMILES string of the molecule is CCCCCc1ccc(S(=O)(=O)N[C@@H](CC)CC(=O)O)cc1. The Hall–Kier alpha value is -1.40. The van der Waals surface area contributed by atoms with E-state index in [4.69, 9.17) is 5.11 Å². The third kappa shape index (κ3) is 6.15. The van der Waals surface area contributed by atoms with Crippen molar-refractivity contribution in [1.29, 1.82) is 0 Å². The van der Waals surface area contributed by atoms with Crippen LogP contribution < -0.4 is 4.72 Å². The number of unbranched alkanes of at least 4 members (excludes halogenated alkanes) is 2. The normalized spacial score (nSPS) is 13.0. The Bertz CT molecular complexity index is 566. The molecular formula is C16H25NO4S. The molecule has 1 rings (SSSR count). The summed E-state index contributed by atoms with van der Waals surface area (Å²) in [6, 6.07) is 6.21. The molecule has 1 aromatic carbocycles. The maximum atomic E-state index is 12.3. The second-order valence-corrected chi connectivity index (χ2v) is 7.14. The number of benzene rings is 1. The van der Waals surface area contributed by atoms with Crippen LogP contribution in [0, 0.1) is 0 Å². The molecule has 6 heteroatoms. The highest BCUT2D eigenvalue weighted by Crippen LogP contribution is 2.14. The van der Waals surface area contributed by atoms with Gasteiger partial charge in [-0.15, -0.1) is 0 Å². The average molecular weight is 327 g/mol. The van der Waals surface area contributed by atoms with Crippen LogP contribution in [0.5, 0.6) is 0 Å². The zero-order valence-electron chi connectivity index (χ0n) is 13.2. The van der Waals surface area contributed by atoms with E-state index in [2.05, 4.69) is 11.6 Å². The van der Waals surface area contributed by atoms with E-state index < -0.39 is 22.0 Å². The molecule has 124 valence electrons. The van der Waals surface area contributed by atoms with Crippen LogP contribution in [0.4, 0.5) is 0 Å². The molecule has 0 aliphatic rings. The van der Waals surface area contributed by atoms with Crippen molar-refractivity contribution in [3.05, 3.63) is 29.8 Å². The molecule has 0 saturated heterocycles. The largest absolute Gasteiger partial charge is 0.481 e. The lowest BCUT2D eigenvalue weighted by Crippen LogP contribution is -2.36. The molecule has 0 saturated carbocycles. The van der Waals surface area contributed by atoms with Gasteiger partial charge in [-0.05, 0) is 37.0 Å². The zero-order valence-corrected chi connectivity index (χ0v) is 14.0. The van der Waals surface area contributed by atoms with Gasteiger partial charge < -0.3 is 5.11 Å². The van der Waals surface area contributed by atoms with Gasteiger partial charge in [0.15, 0.2) is 0 Å². The molecule has 0 aliphatic heterocycles. The molecule has 0 aliphatic carbocycles. The van der Waals surface area contributed by atoms with Gasteiger partial charge in [-0.2, -0.15) is 0 Å². The first-order valence-corrected chi connectivity index (χ1v) is 9.20. The minimum Gasteiger partial charge on any atom is -0.481 e. The smallest absolute Gasteiger partial charge is 0.304 e. The van der Waals surface area contributed by atoms with Crippen molar-refractivity contribution in [3.63, 3.8) is 0 Å². The summed E-state index contributed by atoms with van der Waals surface area (Å²) in [5.74, 6) is -1.01. The second-order valence-electron chi connectivity index (χ2n) is 5.43. The van der Waals surface area contributed by atoms with E-state index in [1.807, 2.05) is 12.1 Å². The number of carbonyl (C=O) groups is 1. The predicted molar refractivity (Wildman–Crippen MR) is 86.3 cm³/mol. The molecule has 1 atom stereocenters. The molecule has 5 nitrogen and oxygen atoms in total. The quantitative estimate of drug-likeness (QED) is 0.647. The van der Waals surface area contributed by atoms with Gasteiger partial charge in [0, 0.05) is 6.04 Å². The van der Waals surface area contributed by atoms with Crippen LogP contribution in [-0.4, -0.2) is 25.5 Å². The Labute approximate surface area is 132 Å². The van der Waals surface area contributed by atoms with Gasteiger partial charge in [-0.3, -0.25) is 4.79 Å². The lowest BCUT2D eigenvalue weighted by molar-refractivity contribution is -0.137. The number of carboxylic acids is 1. The Morgan fingerprint density at radius 2 is 1.82 bits per heavy atom. The number of aryl methyl sites for hydroxylation is 1. The van der Waals surface area contributed by atoms with E-state index in [-0.39, 0.29) is 11.3 Å². The summed E-state index contributed by atoms with van der Waals surface area (Å²) in [4.78, 5) is 10.9. The molecule has 0 amide bonds. The number of hydrogen-bond donors (Lipinski definition) is 2. The van der Waals surface area contributed by atoms with Gasteiger partial charge in [-0.25, -0.2) is 13.1 Å². The molecule has 1 aromatic rings. The van der Waals surface area contributed by atoms with Gasteiger partial charge in [0.2, 0.25) is 10.0 Å². The number of hydrogen-bond acceptors (Lipinski definition) is 3. The first-order valence-electron chi connectivity index (χ1n) is 7.72. The van der Waals surface area contributed by atoms with Crippen LogP contribution in [0.1, 0.15) is 51.5 Å². The molecule has 2 N–H and O–H groups in total. The van der Waals surface area contributed by atoms with Crippen molar-refractivity contribution >= 4 is 16.0 Å². The van der Waals surface area contributed by atoms with Crippen LogP contribution in [-0.2, 0) is 21.2 Å². The summed E-state index contributed by atoms with van der Waals surface area (Å²) in [6.07, 6.45) is 4.56. The van der Waals surface area contributed by atoms with E-state index in [1.54, 1.807) is 19.1 Å². The van der Waals surface area contributed by atoms with Crippen LogP contribution >= 0.6 is 0 Å². The second kappa shape index (κ2) is 8.90. The van der Waals surface area contributed by atoms with E-state index >= 15 is 0 Å². The monoisotopic (exact) mass is 327 g/mol. The van der Waals surface area contributed by atoms with Crippen molar-refractivity contribution in [2.45, 2.75) is 63.3 Å². The summed E-state index contributed by atoms with van der Waals surface area (Å²) in [5, 5.41) is 8.79. The molecule has 0 bridgehead atoms. The first-order chi connectivity index (χ1) is 10.4. The van der Waals surface area contributed by atoms with Crippen molar-refractivity contribution in [2.75, 3.05) is 0 Å². The molecular weight excluding hydrogens is 302 g/mol. The van der Waals surface area contributed by atoms with Crippen molar-refractivity contribution < 1.29 is 18.3 Å². The Morgan fingerprint density at radius 3 is 2.32 bits per heavy atom. The maximum Gasteiger partial charge on any atom is 0.304 e. The third-order valence-electron chi connectivity index (χ3n) is 3.54. The summed E-state index contributed by atoms with van der Waals surface area (Å²) >= 11 is 0. The molecule has 0 unspecified atom stereocenters. The molecule has 0 aromatic heterocycles. The van der Waals surface area contributed by atoms with Gasteiger partial charge >= 0.3 is 5.97 Å². The van der Waals surface area contributed by atoms with E-state index in [1.165, 1.54) is 0 Å². The minimum atomic E-state index is -3.67. The molecule has 22 heavy (non-hydrogen) atoms. The van der Waals surface area contributed by atoms with Gasteiger partial charge in [0.05, 0.1) is 11.3 Å². The fraction of sp³-hybridized carbons (Fsp3) is 0.562. The summed E-state index contributed by atoms with van der Waals surface area (Å²) < 4.78 is 27.0.